The molecule has 0 aliphatic heterocycles. The molecule has 0 bridgehead atoms. The van der Waals surface area contributed by atoms with Crippen molar-refractivity contribution in [2.24, 2.45) is 0 Å². The minimum absolute atomic E-state index is 0.0579. The molecule has 0 fully saturated rings. The van der Waals surface area contributed by atoms with Crippen molar-refractivity contribution >= 4 is 11.6 Å². The van der Waals surface area contributed by atoms with Gasteiger partial charge in [0.25, 0.3) is 0 Å². The average molecular weight is 311 g/mol. The number of methoxy groups -OCH3 is 1. The molecule has 0 aliphatic rings. The number of anilines is 2. The largest absolute Gasteiger partial charge is 0.497 e. The fourth-order valence-corrected chi connectivity index (χ4v) is 2.08. The van der Waals surface area contributed by atoms with Gasteiger partial charge in [0.15, 0.2) is 0 Å². The Labute approximate surface area is 133 Å². The molecule has 2 heterocycles. The maximum Gasteiger partial charge on any atom is 0.227 e. The highest BCUT2D eigenvalue weighted by molar-refractivity contribution is 5.61. The lowest BCUT2D eigenvalue weighted by Crippen LogP contribution is -2.01. The number of nitrogens with one attached hydrogen (secondary N) is 1. The second-order valence-electron chi connectivity index (χ2n) is 4.86. The molecule has 23 heavy (non-hydrogen) atoms. The van der Waals surface area contributed by atoms with Crippen molar-refractivity contribution in [3.05, 3.63) is 49.1 Å². The molecule has 3 aromatic rings. The lowest BCUT2D eigenvalue weighted by molar-refractivity contribution is 0.269. The number of aliphatic hydroxyl groups is 1. The van der Waals surface area contributed by atoms with Crippen molar-refractivity contribution in [1.82, 2.24) is 19.7 Å². The van der Waals surface area contributed by atoms with Crippen molar-refractivity contribution in [1.29, 1.82) is 0 Å². The van der Waals surface area contributed by atoms with Crippen LogP contribution in [0.3, 0.4) is 0 Å². The van der Waals surface area contributed by atoms with E-state index in [0.717, 1.165) is 22.6 Å². The van der Waals surface area contributed by atoms with Crippen LogP contribution in [0.2, 0.25) is 0 Å². The van der Waals surface area contributed by atoms with Gasteiger partial charge in [0.1, 0.15) is 5.75 Å². The number of benzene rings is 1. The molecular formula is C16H17N5O2. The molecule has 3 rings (SSSR count). The Balaban J connectivity index is 1.70. The first-order valence-electron chi connectivity index (χ1n) is 7.15. The van der Waals surface area contributed by atoms with E-state index in [2.05, 4.69) is 20.4 Å². The minimum Gasteiger partial charge on any atom is -0.497 e. The molecular weight excluding hydrogens is 294 g/mol. The van der Waals surface area contributed by atoms with E-state index < -0.39 is 0 Å². The van der Waals surface area contributed by atoms with Gasteiger partial charge in [-0.3, -0.25) is 4.68 Å². The van der Waals surface area contributed by atoms with E-state index in [1.165, 1.54) is 0 Å². The van der Waals surface area contributed by atoms with Gasteiger partial charge in [0.2, 0.25) is 5.95 Å². The van der Waals surface area contributed by atoms with Gasteiger partial charge in [0, 0.05) is 35.4 Å². The second-order valence-corrected chi connectivity index (χ2v) is 4.86. The van der Waals surface area contributed by atoms with Crippen LogP contribution in [-0.2, 0) is 6.54 Å². The first-order valence-corrected chi connectivity index (χ1v) is 7.15. The lowest BCUT2D eigenvalue weighted by atomic mass is 10.2. The minimum atomic E-state index is 0.0579. The van der Waals surface area contributed by atoms with E-state index in [-0.39, 0.29) is 6.61 Å². The molecule has 0 saturated heterocycles. The van der Waals surface area contributed by atoms with Crippen LogP contribution in [0.4, 0.5) is 11.6 Å². The van der Waals surface area contributed by atoms with Crippen LogP contribution < -0.4 is 10.1 Å². The Bertz CT molecular complexity index is 753. The van der Waals surface area contributed by atoms with E-state index in [0.29, 0.717) is 12.5 Å². The molecule has 0 atom stereocenters. The molecule has 0 radical (unpaired) electrons. The molecule has 2 aromatic heterocycles. The fourth-order valence-electron chi connectivity index (χ4n) is 2.08. The van der Waals surface area contributed by atoms with Crippen LogP contribution in [0.5, 0.6) is 5.75 Å². The predicted octanol–water partition coefficient (Wildman–Crippen LogP) is 2.08. The number of hydrogen-bond donors (Lipinski definition) is 2. The summed E-state index contributed by atoms with van der Waals surface area (Å²) in [5.74, 6) is 1.31. The Morgan fingerprint density at radius 2 is 1.83 bits per heavy atom. The first-order chi connectivity index (χ1) is 11.3. The van der Waals surface area contributed by atoms with Crippen LogP contribution in [0.25, 0.3) is 11.1 Å². The lowest BCUT2D eigenvalue weighted by Gasteiger charge is -2.06. The van der Waals surface area contributed by atoms with Gasteiger partial charge in [0.05, 0.1) is 26.5 Å². The molecule has 7 nitrogen and oxygen atoms in total. The Morgan fingerprint density at radius 3 is 2.48 bits per heavy atom. The predicted molar refractivity (Wildman–Crippen MR) is 86.6 cm³/mol. The highest BCUT2D eigenvalue weighted by atomic mass is 16.5. The van der Waals surface area contributed by atoms with Crippen molar-refractivity contribution < 1.29 is 9.84 Å². The molecule has 118 valence electrons. The third-order valence-electron chi connectivity index (χ3n) is 3.29. The summed E-state index contributed by atoms with van der Waals surface area (Å²) >= 11 is 0. The summed E-state index contributed by atoms with van der Waals surface area (Å²) in [6.07, 6.45) is 7.05. The standard InChI is InChI=1S/C16H17N5O2/c1-23-15-4-2-14(3-5-15)20-16-17-8-12(9-18-16)13-10-19-21(11-13)6-7-22/h2-5,8-11,22H,6-7H2,1H3,(H,17,18,20). The van der Waals surface area contributed by atoms with Crippen LogP contribution in [-0.4, -0.2) is 38.6 Å². The fraction of sp³-hybridized carbons (Fsp3) is 0.188. The molecule has 0 saturated carbocycles. The van der Waals surface area contributed by atoms with Gasteiger partial charge >= 0.3 is 0 Å². The normalized spacial score (nSPS) is 10.5. The summed E-state index contributed by atoms with van der Waals surface area (Å²) in [6, 6.07) is 7.53. The Kier molecular flexibility index (Phi) is 4.49. The molecule has 0 aliphatic carbocycles. The van der Waals surface area contributed by atoms with Crippen LogP contribution in [0.1, 0.15) is 0 Å². The zero-order valence-electron chi connectivity index (χ0n) is 12.7. The number of aliphatic hydroxyl groups excluding tert-OH is 1. The molecule has 0 spiro atoms. The summed E-state index contributed by atoms with van der Waals surface area (Å²) in [6.45, 7) is 0.528. The summed E-state index contributed by atoms with van der Waals surface area (Å²) in [5.41, 5.74) is 2.67. The van der Waals surface area contributed by atoms with Crippen LogP contribution in [0, 0.1) is 0 Å². The quantitative estimate of drug-likeness (QED) is 0.725. The molecule has 7 heteroatoms. The van der Waals surface area contributed by atoms with Gasteiger partial charge in [-0.2, -0.15) is 5.10 Å². The van der Waals surface area contributed by atoms with Crippen molar-refractivity contribution in [3.63, 3.8) is 0 Å². The summed E-state index contributed by atoms with van der Waals surface area (Å²) in [5, 5.41) is 16.2. The van der Waals surface area contributed by atoms with Crippen molar-refractivity contribution in [3.8, 4) is 16.9 Å². The maximum atomic E-state index is 8.91. The zero-order chi connectivity index (χ0) is 16.1. The van der Waals surface area contributed by atoms with Gasteiger partial charge in [-0.05, 0) is 24.3 Å². The third-order valence-corrected chi connectivity index (χ3v) is 3.29. The highest BCUT2D eigenvalue weighted by Crippen LogP contribution is 2.20. The number of aromatic nitrogens is 4. The molecule has 2 N–H and O–H groups in total. The molecule has 0 unspecified atom stereocenters. The van der Waals surface area contributed by atoms with E-state index in [9.17, 15) is 0 Å². The van der Waals surface area contributed by atoms with Gasteiger partial charge < -0.3 is 15.2 Å². The maximum absolute atomic E-state index is 8.91. The second kappa shape index (κ2) is 6.89. The molecule has 1 aromatic carbocycles. The summed E-state index contributed by atoms with van der Waals surface area (Å²) < 4.78 is 6.80. The monoisotopic (exact) mass is 311 g/mol. The third kappa shape index (κ3) is 3.64. The molecule has 0 amide bonds. The van der Waals surface area contributed by atoms with E-state index in [1.54, 1.807) is 30.4 Å². The smallest absolute Gasteiger partial charge is 0.227 e. The topological polar surface area (TPSA) is 85.1 Å². The number of rotatable bonds is 6. The number of hydrogen-bond acceptors (Lipinski definition) is 6. The summed E-state index contributed by atoms with van der Waals surface area (Å²) in [7, 11) is 1.63. The van der Waals surface area contributed by atoms with E-state index in [1.807, 2.05) is 30.5 Å². The Hall–Kier alpha value is -2.93. The number of ether oxygens (including phenoxy) is 1. The van der Waals surface area contributed by atoms with Gasteiger partial charge in [-0.15, -0.1) is 0 Å². The highest BCUT2D eigenvalue weighted by Gasteiger charge is 2.04. The van der Waals surface area contributed by atoms with E-state index in [4.69, 9.17) is 9.84 Å². The van der Waals surface area contributed by atoms with Crippen LogP contribution >= 0.6 is 0 Å². The first kappa shape index (κ1) is 15.0. The average Bonchev–Trinajstić information content (AvgIpc) is 3.05. The Morgan fingerprint density at radius 1 is 1.09 bits per heavy atom. The van der Waals surface area contributed by atoms with E-state index >= 15 is 0 Å². The van der Waals surface area contributed by atoms with Crippen LogP contribution in [0.15, 0.2) is 49.1 Å². The SMILES string of the molecule is COc1ccc(Nc2ncc(-c3cnn(CCO)c3)cn2)cc1. The number of nitrogens with zero attached hydrogens (tertiary/aromatic N) is 4. The summed E-state index contributed by atoms with van der Waals surface area (Å²) in [4.78, 5) is 8.62. The van der Waals surface area contributed by atoms with Crippen molar-refractivity contribution in [2.75, 3.05) is 19.0 Å². The van der Waals surface area contributed by atoms with Gasteiger partial charge in [-0.25, -0.2) is 9.97 Å². The zero-order valence-corrected chi connectivity index (χ0v) is 12.7. The van der Waals surface area contributed by atoms with Crippen molar-refractivity contribution in [2.45, 2.75) is 6.54 Å². The van der Waals surface area contributed by atoms with Gasteiger partial charge in [-0.1, -0.05) is 0 Å².